The average Bonchev–Trinajstić information content (AvgIpc) is 2.58. The third-order valence-electron chi connectivity index (χ3n) is 4.61. The van der Waals surface area contributed by atoms with Gasteiger partial charge in [0.1, 0.15) is 0 Å². The van der Waals surface area contributed by atoms with Crippen LogP contribution in [0.15, 0.2) is 0 Å². The van der Waals surface area contributed by atoms with E-state index in [2.05, 4.69) is 6.92 Å². The molecule has 6 nitrogen and oxygen atoms in total. The molecule has 0 aromatic heterocycles. The Morgan fingerprint density at radius 3 is 1.54 bits per heavy atom. The fourth-order valence-corrected chi connectivity index (χ4v) is 3.25. The molecule has 0 aliphatic heterocycles. The summed E-state index contributed by atoms with van der Waals surface area (Å²) in [4.78, 5) is 22.9. The fraction of sp³-hybridized carbons (Fsp3) is 0.900. The maximum absolute atomic E-state index is 11.5. The van der Waals surface area contributed by atoms with E-state index < -0.39 is 30.1 Å². The van der Waals surface area contributed by atoms with Crippen LogP contribution in [0, 0.1) is 11.8 Å². The van der Waals surface area contributed by atoms with E-state index in [9.17, 15) is 19.8 Å². The van der Waals surface area contributed by atoms with Gasteiger partial charge in [-0.2, -0.15) is 0 Å². The lowest BCUT2D eigenvalue weighted by molar-refractivity contribution is -0.193. The summed E-state index contributed by atoms with van der Waals surface area (Å²) in [5.41, 5.74) is 0. The van der Waals surface area contributed by atoms with Crippen molar-refractivity contribution < 1.29 is 29.3 Å². The number of hydrogen-bond donors (Lipinski definition) is 2. The van der Waals surface area contributed by atoms with Gasteiger partial charge < -0.3 is 19.7 Å². The van der Waals surface area contributed by atoms with Crippen LogP contribution in [0.2, 0.25) is 0 Å². The van der Waals surface area contributed by atoms with Crippen LogP contribution in [0.1, 0.15) is 85.0 Å². The summed E-state index contributed by atoms with van der Waals surface area (Å²) in [7, 11) is 0. The minimum Gasteiger partial charge on any atom is -0.481 e. The van der Waals surface area contributed by atoms with Crippen molar-refractivity contribution in [2.24, 2.45) is 11.8 Å². The van der Waals surface area contributed by atoms with E-state index in [1.54, 1.807) is 13.8 Å². The molecule has 0 bridgehead atoms. The Balaban J connectivity index is 4.52. The van der Waals surface area contributed by atoms with Crippen molar-refractivity contribution in [1.29, 1.82) is 0 Å². The zero-order valence-electron chi connectivity index (χ0n) is 16.7. The van der Waals surface area contributed by atoms with E-state index in [1.807, 2.05) is 0 Å². The van der Waals surface area contributed by atoms with Gasteiger partial charge in [0.15, 0.2) is 12.2 Å². The van der Waals surface area contributed by atoms with Crippen LogP contribution in [-0.4, -0.2) is 41.7 Å². The minimum absolute atomic E-state index is 0.352. The first-order valence-corrected chi connectivity index (χ1v) is 10.2. The smallest absolute Gasteiger partial charge is 0.318 e. The molecule has 0 aromatic rings. The van der Waals surface area contributed by atoms with E-state index in [1.165, 1.54) is 38.5 Å². The molecule has 0 saturated carbocycles. The number of carbonyl (C=O) groups is 2. The van der Waals surface area contributed by atoms with Crippen LogP contribution in [0.5, 0.6) is 0 Å². The van der Waals surface area contributed by atoms with Gasteiger partial charge in [0.05, 0.1) is 0 Å². The van der Waals surface area contributed by atoms with E-state index in [0.29, 0.717) is 19.6 Å². The second-order valence-corrected chi connectivity index (χ2v) is 6.71. The molecule has 154 valence electrons. The summed E-state index contributed by atoms with van der Waals surface area (Å²) >= 11 is 0. The van der Waals surface area contributed by atoms with Crippen LogP contribution >= 0.6 is 0 Å². The van der Waals surface area contributed by atoms with Crippen LogP contribution < -0.4 is 0 Å². The van der Waals surface area contributed by atoms with Gasteiger partial charge in [0.25, 0.3) is 0 Å². The lowest BCUT2D eigenvalue weighted by Crippen LogP contribution is -2.40. The van der Waals surface area contributed by atoms with Crippen LogP contribution in [0.4, 0.5) is 0 Å². The highest BCUT2D eigenvalue weighted by atomic mass is 16.7. The molecule has 0 rings (SSSR count). The molecule has 0 aliphatic rings. The first-order chi connectivity index (χ1) is 12.5. The van der Waals surface area contributed by atoms with Crippen molar-refractivity contribution >= 4 is 11.9 Å². The van der Waals surface area contributed by atoms with E-state index in [0.717, 1.165) is 19.3 Å². The summed E-state index contributed by atoms with van der Waals surface area (Å²) in [6.07, 6.45) is 10.1. The Morgan fingerprint density at radius 2 is 1.15 bits per heavy atom. The highest BCUT2D eigenvalue weighted by Crippen LogP contribution is 2.27. The van der Waals surface area contributed by atoms with Gasteiger partial charge in [-0.1, -0.05) is 64.7 Å². The van der Waals surface area contributed by atoms with Crippen molar-refractivity contribution in [3.63, 3.8) is 0 Å². The molecular weight excluding hydrogens is 336 g/mol. The largest absolute Gasteiger partial charge is 0.481 e. The highest BCUT2D eigenvalue weighted by Gasteiger charge is 2.40. The maximum atomic E-state index is 11.5. The third kappa shape index (κ3) is 10.8. The fourth-order valence-electron chi connectivity index (χ4n) is 3.25. The standard InChI is InChI=1S/C20H38O6/c1-4-7-8-9-10-11-12-13-14-15-16(17(18(21)22)19(23)24)20(25-5-2)26-6-3/h16-17,20H,4-15H2,1-3H3,(H,21,22)(H,23,24). The third-order valence-corrected chi connectivity index (χ3v) is 4.61. The first kappa shape index (κ1) is 24.9. The van der Waals surface area contributed by atoms with Gasteiger partial charge in [-0.05, 0) is 20.3 Å². The molecule has 0 aliphatic carbocycles. The topological polar surface area (TPSA) is 93.1 Å². The van der Waals surface area contributed by atoms with Gasteiger partial charge in [-0.15, -0.1) is 0 Å². The number of aliphatic carboxylic acids is 2. The molecule has 1 atom stereocenters. The molecule has 0 saturated heterocycles. The zero-order valence-corrected chi connectivity index (χ0v) is 16.7. The molecule has 0 amide bonds. The Bertz CT molecular complexity index is 351. The molecule has 6 heteroatoms. The Labute approximate surface area is 158 Å². The Morgan fingerprint density at radius 1 is 0.731 bits per heavy atom. The lowest BCUT2D eigenvalue weighted by Gasteiger charge is -2.29. The monoisotopic (exact) mass is 374 g/mol. The van der Waals surface area contributed by atoms with Crippen LogP contribution in [0.25, 0.3) is 0 Å². The minimum atomic E-state index is -1.51. The van der Waals surface area contributed by atoms with Gasteiger partial charge in [-0.3, -0.25) is 9.59 Å². The number of carboxylic acid groups (broad SMARTS) is 2. The molecule has 0 aromatic carbocycles. The Hall–Kier alpha value is -1.14. The summed E-state index contributed by atoms with van der Waals surface area (Å²) < 4.78 is 11.0. The lowest BCUT2D eigenvalue weighted by atomic mass is 9.86. The molecule has 0 radical (unpaired) electrons. The molecule has 0 fully saturated rings. The van der Waals surface area contributed by atoms with Gasteiger partial charge >= 0.3 is 11.9 Å². The van der Waals surface area contributed by atoms with E-state index in [-0.39, 0.29) is 0 Å². The zero-order chi connectivity index (χ0) is 19.8. The van der Waals surface area contributed by atoms with Gasteiger partial charge in [-0.25, -0.2) is 0 Å². The predicted octanol–water partition coefficient (Wildman–Crippen LogP) is 4.71. The van der Waals surface area contributed by atoms with Crippen molar-refractivity contribution in [2.75, 3.05) is 13.2 Å². The quantitative estimate of drug-likeness (QED) is 0.205. The Kier molecular flexibility index (Phi) is 15.4. The van der Waals surface area contributed by atoms with Gasteiger partial charge in [0, 0.05) is 19.1 Å². The number of carboxylic acids is 2. The van der Waals surface area contributed by atoms with E-state index in [4.69, 9.17) is 9.47 Å². The molecule has 0 spiro atoms. The molecule has 1 unspecified atom stereocenters. The summed E-state index contributed by atoms with van der Waals surface area (Å²) in [5.74, 6) is -4.85. The van der Waals surface area contributed by atoms with Crippen LogP contribution in [-0.2, 0) is 19.1 Å². The molecule has 2 N–H and O–H groups in total. The molecular formula is C20H38O6. The van der Waals surface area contributed by atoms with E-state index >= 15 is 0 Å². The van der Waals surface area contributed by atoms with Crippen molar-refractivity contribution in [3.05, 3.63) is 0 Å². The number of ether oxygens (including phenoxy) is 2. The second-order valence-electron chi connectivity index (χ2n) is 6.71. The van der Waals surface area contributed by atoms with Crippen molar-refractivity contribution in [2.45, 2.75) is 91.3 Å². The second kappa shape index (κ2) is 16.1. The number of rotatable bonds is 18. The summed E-state index contributed by atoms with van der Waals surface area (Å²) in [6.45, 7) is 6.49. The summed E-state index contributed by atoms with van der Waals surface area (Å²) in [5, 5.41) is 18.7. The summed E-state index contributed by atoms with van der Waals surface area (Å²) in [6, 6.07) is 0. The van der Waals surface area contributed by atoms with Crippen LogP contribution in [0.3, 0.4) is 0 Å². The maximum Gasteiger partial charge on any atom is 0.318 e. The average molecular weight is 375 g/mol. The highest BCUT2D eigenvalue weighted by molar-refractivity contribution is 5.93. The molecule has 26 heavy (non-hydrogen) atoms. The SMILES string of the molecule is CCCCCCCCCCCC(C(OCC)OCC)C(C(=O)O)C(=O)O. The number of hydrogen-bond acceptors (Lipinski definition) is 4. The molecule has 0 heterocycles. The first-order valence-electron chi connectivity index (χ1n) is 10.2. The van der Waals surface area contributed by atoms with Gasteiger partial charge in [0.2, 0.25) is 0 Å². The number of unbranched alkanes of at least 4 members (excludes halogenated alkanes) is 8. The predicted molar refractivity (Wildman–Crippen MR) is 101 cm³/mol. The van der Waals surface area contributed by atoms with Crippen molar-refractivity contribution in [3.8, 4) is 0 Å². The normalized spacial score (nSPS) is 12.7. The van der Waals surface area contributed by atoms with Crippen molar-refractivity contribution in [1.82, 2.24) is 0 Å².